The number of hydrogen-bond acceptors (Lipinski definition) is 2. The van der Waals surface area contributed by atoms with E-state index in [1.165, 1.54) is 0 Å². The molecular weight excluding hydrogens is 318 g/mol. The zero-order chi connectivity index (χ0) is 14.6. The molecule has 0 spiro atoms. The van der Waals surface area contributed by atoms with Crippen LogP contribution in [-0.4, -0.2) is 25.7 Å². The van der Waals surface area contributed by atoms with Crippen LogP contribution in [-0.2, 0) is 14.9 Å². The average Bonchev–Trinajstić information content (AvgIpc) is 2.37. The highest BCUT2D eigenvalue weighted by molar-refractivity contribution is 9.10. The number of ether oxygens (including phenoxy) is 1. The molecule has 1 N–H and O–H groups in total. The van der Waals surface area contributed by atoms with Crippen molar-refractivity contribution in [2.24, 2.45) is 0 Å². The summed E-state index contributed by atoms with van der Waals surface area (Å²) in [6.45, 7) is 2.71. The lowest BCUT2D eigenvalue weighted by Gasteiger charge is -2.41. The summed E-state index contributed by atoms with van der Waals surface area (Å²) in [5.74, 6) is 0.162. The Morgan fingerprint density at radius 3 is 2.55 bits per heavy atom. The Kier molecular flexibility index (Phi) is 5.22. The van der Waals surface area contributed by atoms with Crippen LogP contribution in [0.2, 0.25) is 0 Å². The van der Waals surface area contributed by atoms with Crippen LogP contribution in [0.5, 0.6) is 0 Å². The molecule has 20 heavy (non-hydrogen) atoms. The quantitative estimate of drug-likeness (QED) is 0.862. The van der Waals surface area contributed by atoms with Crippen molar-refractivity contribution >= 4 is 21.8 Å². The Morgan fingerprint density at radius 2 is 2.05 bits per heavy atom. The third-order valence-corrected chi connectivity index (χ3v) is 4.70. The maximum atomic E-state index is 12.6. The molecule has 2 rings (SSSR count). The fourth-order valence-electron chi connectivity index (χ4n) is 2.67. The van der Waals surface area contributed by atoms with Gasteiger partial charge in [0, 0.05) is 24.2 Å². The van der Waals surface area contributed by atoms with E-state index in [0.29, 0.717) is 6.61 Å². The van der Waals surface area contributed by atoms with E-state index in [9.17, 15) is 4.79 Å². The van der Waals surface area contributed by atoms with Gasteiger partial charge in [0.1, 0.15) is 0 Å². The van der Waals surface area contributed by atoms with E-state index in [1.807, 2.05) is 19.1 Å². The molecule has 1 aliphatic carbocycles. The molecule has 110 valence electrons. The van der Waals surface area contributed by atoms with Crippen molar-refractivity contribution in [3.8, 4) is 0 Å². The molecule has 1 amide bonds. The van der Waals surface area contributed by atoms with Gasteiger partial charge in [-0.1, -0.05) is 34.5 Å². The summed E-state index contributed by atoms with van der Waals surface area (Å²) in [5, 5.41) is 3.14. The summed E-state index contributed by atoms with van der Waals surface area (Å²) in [5.41, 5.74) is 0.811. The Labute approximate surface area is 129 Å². The normalized spacial score (nSPS) is 18.1. The second-order valence-corrected chi connectivity index (χ2v) is 6.51. The van der Waals surface area contributed by atoms with Crippen molar-refractivity contribution < 1.29 is 9.53 Å². The molecule has 0 aromatic heterocycles. The Bertz CT molecular complexity index is 454. The molecule has 0 bridgehead atoms. The summed E-state index contributed by atoms with van der Waals surface area (Å²) in [6, 6.07) is 8.29. The van der Waals surface area contributed by atoms with Gasteiger partial charge in [-0.25, -0.2) is 0 Å². The molecule has 0 radical (unpaired) electrons. The summed E-state index contributed by atoms with van der Waals surface area (Å²) in [7, 11) is 1.68. The second kappa shape index (κ2) is 6.72. The minimum atomic E-state index is -0.317. The third kappa shape index (κ3) is 3.23. The molecule has 1 aromatic carbocycles. The lowest BCUT2D eigenvalue weighted by Crippen LogP contribution is -2.51. The molecule has 3 nitrogen and oxygen atoms in total. The van der Waals surface area contributed by atoms with Crippen LogP contribution in [0.4, 0.5) is 0 Å². The topological polar surface area (TPSA) is 38.3 Å². The van der Waals surface area contributed by atoms with Gasteiger partial charge in [-0.05, 0) is 43.9 Å². The van der Waals surface area contributed by atoms with E-state index >= 15 is 0 Å². The number of halogens is 1. The highest BCUT2D eigenvalue weighted by Crippen LogP contribution is 2.44. The van der Waals surface area contributed by atoms with Gasteiger partial charge in [0.15, 0.2) is 0 Å². The van der Waals surface area contributed by atoms with Crippen molar-refractivity contribution in [3.63, 3.8) is 0 Å². The van der Waals surface area contributed by atoms with E-state index in [4.69, 9.17) is 4.74 Å². The van der Waals surface area contributed by atoms with Gasteiger partial charge in [-0.15, -0.1) is 0 Å². The largest absolute Gasteiger partial charge is 0.385 e. The standard InChI is InChI=1S/C16H22BrNO2/c1-12(8-11-20-2)18-15(19)16(9-3-10-16)13-4-6-14(17)7-5-13/h4-7,12H,3,8-11H2,1-2H3,(H,18,19)/t12-/m0/s1. The third-order valence-electron chi connectivity index (χ3n) is 4.17. The van der Waals surface area contributed by atoms with Crippen molar-refractivity contribution in [1.82, 2.24) is 5.32 Å². The molecule has 0 aliphatic heterocycles. The first kappa shape index (κ1) is 15.5. The van der Waals surface area contributed by atoms with Gasteiger partial charge in [-0.3, -0.25) is 4.79 Å². The van der Waals surface area contributed by atoms with E-state index in [-0.39, 0.29) is 17.4 Å². The summed E-state index contributed by atoms with van der Waals surface area (Å²) < 4.78 is 6.11. The monoisotopic (exact) mass is 339 g/mol. The Hall–Kier alpha value is -0.870. The number of benzene rings is 1. The van der Waals surface area contributed by atoms with Crippen molar-refractivity contribution in [1.29, 1.82) is 0 Å². The molecule has 1 saturated carbocycles. The fourth-order valence-corrected chi connectivity index (χ4v) is 2.94. The summed E-state index contributed by atoms with van der Waals surface area (Å²) >= 11 is 3.44. The lowest BCUT2D eigenvalue weighted by atomic mass is 9.63. The molecule has 0 unspecified atom stereocenters. The van der Waals surface area contributed by atoms with Crippen LogP contribution in [0.3, 0.4) is 0 Å². The Balaban J connectivity index is 2.07. The molecule has 1 aliphatic rings. The van der Waals surface area contributed by atoms with Crippen LogP contribution in [0.15, 0.2) is 28.7 Å². The number of methoxy groups -OCH3 is 1. The SMILES string of the molecule is COCC[C@H](C)NC(=O)C1(c2ccc(Br)cc2)CCC1. The van der Waals surface area contributed by atoms with Crippen LogP contribution < -0.4 is 5.32 Å². The minimum Gasteiger partial charge on any atom is -0.385 e. The molecule has 1 atom stereocenters. The fraction of sp³-hybridized carbons (Fsp3) is 0.562. The summed E-state index contributed by atoms with van der Waals surface area (Å²) in [6.07, 6.45) is 3.85. The number of nitrogens with one attached hydrogen (secondary N) is 1. The van der Waals surface area contributed by atoms with E-state index in [0.717, 1.165) is 35.7 Å². The lowest BCUT2D eigenvalue weighted by molar-refractivity contribution is -0.130. The van der Waals surface area contributed by atoms with Crippen LogP contribution in [0.25, 0.3) is 0 Å². The first-order valence-electron chi connectivity index (χ1n) is 7.14. The van der Waals surface area contributed by atoms with Crippen LogP contribution in [0, 0.1) is 0 Å². The van der Waals surface area contributed by atoms with Crippen molar-refractivity contribution in [2.75, 3.05) is 13.7 Å². The maximum Gasteiger partial charge on any atom is 0.230 e. The average molecular weight is 340 g/mol. The molecule has 0 saturated heterocycles. The van der Waals surface area contributed by atoms with E-state index < -0.39 is 0 Å². The number of amides is 1. The molecular formula is C16H22BrNO2. The van der Waals surface area contributed by atoms with Gasteiger partial charge >= 0.3 is 0 Å². The first-order chi connectivity index (χ1) is 9.58. The Morgan fingerprint density at radius 1 is 1.40 bits per heavy atom. The molecule has 1 aromatic rings. The maximum absolute atomic E-state index is 12.6. The molecule has 4 heteroatoms. The van der Waals surface area contributed by atoms with Gasteiger partial charge in [0.2, 0.25) is 5.91 Å². The van der Waals surface area contributed by atoms with Gasteiger partial charge in [0.05, 0.1) is 5.41 Å². The van der Waals surface area contributed by atoms with Crippen LogP contribution >= 0.6 is 15.9 Å². The molecule has 1 fully saturated rings. The number of rotatable bonds is 6. The number of hydrogen-bond donors (Lipinski definition) is 1. The van der Waals surface area contributed by atoms with Crippen LogP contribution in [0.1, 0.15) is 38.2 Å². The number of carbonyl (C=O) groups is 1. The number of carbonyl (C=O) groups excluding carboxylic acids is 1. The second-order valence-electron chi connectivity index (χ2n) is 5.60. The van der Waals surface area contributed by atoms with Crippen molar-refractivity contribution in [2.45, 2.75) is 44.1 Å². The predicted molar refractivity (Wildman–Crippen MR) is 83.8 cm³/mol. The zero-order valence-electron chi connectivity index (χ0n) is 12.1. The molecule has 0 heterocycles. The zero-order valence-corrected chi connectivity index (χ0v) is 13.7. The highest BCUT2D eigenvalue weighted by Gasteiger charge is 2.45. The highest BCUT2D eigenvalue weighted by atomic mass is 79.9. The van der Waals surface area contributed by atoms with Gasteiger partial charge in [-0.2, -0.15) is 0 Å². The van der Waals surface area contributed by atoms with E-state index in [2.05, 4.69) is 33.4 Å². The smallest absolute Gasteiger partial charge is 0.230 e. The first-order valence-corrected chi connectivity index (χ1v) is 7.94. The van der Waals surface area contributed by atoms with Crippen molar-refractivity contribution in [3.05, 3.63) is 34.3 Å². The van der Waals surface area contributed by atoms with Gasteiger partial charge in [0.25, 0.3) is 0 Å². The van der Waals surface area contributed by atoms with E-state index in [1.54, 1.807) is 7.11 Å². The minimum absolute atomic E-state index is 0.148. The summed E-state index contributed by atoms with van der Waals surface area (Å²) in [4.78, 5) is 12.6. The van der Waals surface area contributed by atoms with Gasteiger partial charge < -0.3 is 10.1 Å². The predicted octanol–water partition coefficient (Wildman–Crippen LogP) is 3.41.